The molecular weight excluding hydrogens is 238 g/mol. The van der Waals surface area contributed by atoms with Crippen LogP contribution in [-0.2, 0) is 4.79 Å². The smallest absolute Gasteiger partial charge is 0.247 e. The summed E-state index contributed by atoms with van der Waals surface area (Å²) in [6.45, 7) is 2.65. The molecule has 3 rings (SSSR count). The summed E-state index contributed by atoms with van der Waals surface area (Å²) in [5.41, 5.74) is 4.19. The van der Waals surface area contributed by atoms with E-state index in [1.807, 2.05) is 29.8 Å². The third-order valence-corrected chi connectivity index (χ3v) is 3.44. The second kappa shape index (κ2) is 4.72. The van der Waals surface area contributed by atoms with Crippen LogP contribution in [0.15, 0.2) is 48.6 Å². The van der Waals surface area contributed by atoms with Crippen molar-refractivity contribution in [3.63, 3.8) is 0 Å². The Bertz CT molecular complexity index is 624. The molecule has 0 fully saturated rings. The minimum Gasteiger partial charge on any atom is -0.348 e. The topological polar surface area (TPSA) is 46.9 Å². The Kier molecular flexibility index (Phi) is 2.91. The number of nitrogens with one attached hydrogen (secondary N) is 1. The van der Waals surface area contributed by atoms with Gasteiger partial charge in [-0.15, -0.1) is 0 Å². The summed E-state index contributed by atoms with van der Waals surface area (Å²) in [4.78, 5) is 15.7. The fourth-order valence-corrected chi connectivity index (χ4v) is 2.42. The summed E-state index contributed by atoms with van der Waals surface area (Å²) in [5, 5.41) is 2.88. The van der Waals surface area contributed by atoms with Crippen LogP contribution in [-0.4, -0.2) is 22.0 Å². The van der Waals surface area contributed by atoms with Crippen LogP contribution in [0.25, 0.3) is 11.3 Å². The highest BCUT2D eigenvalue weighted by Crippen LogP contribution is 2.25. The van der Waals surface area contributed by atoms with Crippen LogP contribution in [0.2, 0.25) is 0 Å². The van der Waals surface area contributed by atoms with Crippen LogP contribution in [0.3, 0.4) is 0 Å². The summed E-state index contributed by atoms with van der Waals surface area (Å²) in [5.74, 6) is 0.0659. The van der Waals surface area contributed by atoms with Crippen molar-refractivity contribution in [2.45, 2.75) is 13.3 Å². The average Bonchev–Trinajstić information content (AvgIpc) is 3.08. The lowest BCUT2D eigenvalue weighted by Crippen LogP contribution is -2.17. The maximum Gasteiger partial charge on any atom is 0.247 e. The summed E-state index contributed by atoms with van der Waals surface area (Å²) in [6, 6.07) is 8.20. The van der Waals surface area contributed by atoms with Gasteiger partial charge in [0.25, 0.3) is 0 Å². The van der Waals surface area contributed by atoms with E-state index in [-0.39, 0.29) is 5.91 Å². The van der Waals surface area contributed by atoms with E-state index in [4.69, 9.17) is 0 Å². The highest BCUT2D eigenvalue weighted by molar-refractivity contribution is 6.06. The molecule has 0 bridgehead atoms. The predicted molar refractivity (Wildman–Crippen MR) is 73.8 cm³/mol. The number of carbonyl (C=O) groups is 1. The minimum atomic E-state index is 0.0659. The molecule has 0 aliphatic carbocycles. The molecule has 0 radical (unpaired) electrons. The van der Waals surface area contributed by atoms with E-state index in [0.29, 0.717) is 6.54 Å². The molecule has 1 N–H and O–H groups in total. The van der Waals surface area contributed by atoms with Gasteiger partial charge < -0.3 is 9.88 Å². The Labute approximate surface area is 111 Å². The van der Waals surface area contributed by atoms with Gasteiger partial charge in [0.15, 0.2) is 0 Å². The van der Waals surface area contributed by atoms with Crippen molar-refractivity contribution >= 4 is 11.5 Å². The molecule has 4 heteroatoms. The first-order valence-corrected chi connectivity index (χ1v) is 6.38. The van der Waals surface area contributed by atoms with Gasteiger partial charge in [-0.2, -0.15) is 0 Å². The van der Waals surface area contributed by atoms with Crippen LogP contribution in [0.1, 0.15) is 18.9 Å². The van der Waals surface area contributed by atoms with Gasteiger partial charge in [-0.3, -0.25) is 4.79 Å². The van der Waals surface area contributed by atoms with Gasteiger partial charge in [0.1, 0.15) is 0 Å². The van der Waals surface area contributed by atoms with Crippen molar-refractivity contribution in [3.8, 4) is 5.69 Å². The first-order valence-electron chi connectivity index (χ1n) is 6.38. The molecule has 19 heavy (non-hydrogen) atoms. The lowest BCUT2D eigenvalue weighted by molar-refractivity contribution is -0.116. The Hall–Kier alpha value is -2.36. The zero-order chi connectivity index (χ0) is 13.2. The quantitative estimate of drug-likeness (QED) is 0.911. The molecule has 2 heterocycles. The molecule has 1 amide bonds. The zero-order valence-electron chi connectivity index (χ0n) is 10.8. The molecule has 1 aliphatic heterocycles. The van der Waals surface area contributed by atoms with Crippen molar-refractivity contribution in [2.24, 2.45) is 0 Å². The van der Waals surface area contributed by atoms with E-state index in [1.165, 1.54) is 0 Å². The maximum absolute atomic E-state index is 11.7. The standard InChI is InChI=1S/C15H15N3O/c1-2-13-14(9-17-15(13)19)11-3-5-12(6-4-11)18-8-7-16-10-18/h3-8,10H,2,9H2,1H3,(H,17,19). The Morgan fingerprint density at radius 2 is 2.11 bits per heavy atom. The number of amides is 1. The molecule has 0 unspecified atom stereocenters. The minimum absolute atomic E-state index is 0.0659. The van der Waals surface area contributed by atoms with Crippen LogP contribution < -0.4 is 5.32 Å². The molecule has 96 valence electrons. The number of hydrogen-bond donors (Lipinski definition) is 1. The molecule has 0 spiro atoms. The molecule has 0 atom stereocenters. The monoisotopic (exact) mass is 253 g/mol. The van der Waals surface area contributed by atoms with Gasteiger partial charge in [-0.05, 0) is 29.7 Å². The van der Waals surface area contributed by atoms with Crippen LogP contribution in [0.5, 0.6) is 0 Å². The SMILES string of the molecule is CCC1=C(c2ccc(-n3ccnc3)cc2)CNC1=O. The number of carbonyl (C=O) groups excluding carboxylic acids is 1. The summed E-state index contributed by atoms with van der Waals surface area (Å²) >= 11 is 0. The summed E-state index contributed by atoms with van der Waals surface area (Å²) in [7, 11) is 0. The van der Waals surface area contributed by atoms with Gasteiger partial charge in [0, 0.05) is 30.2 Å². The van der Waals surface area contributed by atoms with Crippen LogP contribution in [0, 0.1) is 0 Å². The van der Waals surface area contributed by atoms with E-state index in [9.17, 15) is 4.79 Å². The highest BCUT2D eigenvalue weighted by atomic mass is 16.1. The molecular formula is C15H15N3O. The second-order valence-electron chi connectivity index (χ2n) is 4.51. The van der Waals surface area contributed by atoms with E-state index < -0.39 is 0 Å². The lowest BCUT2D eigenvalue weighted by Gasteiger charge is -2.06. The number of imidazole rings is 1. The van der Waals surface area contributed by atoms with Crippen molar-refractivity contribution in [1.82, 2.24) is 14.9 Å². The third-order valence-electron chi connectivity index (χ3n) is 3.44. The summed E-state index contributed by atoms with van der Waals surface area (Å²) < 4.78 is 1.96. The third kappa shape index (κ3) is 2.05. The van der Waals surface area contributed by atoms with E-state index in [1.54, 1.807) is 12.5 Å². The second-order valence-corrected chi connectivity index (χ2v) is 4.51. The largest absolute Gasteiger partial charge is 0.348 e. The Balaban J connectivity index is 1.95. The number of benzene rings is 1. The lowest BCUT2D eigenvalue weighted by atomic mass is 10.0. The van der Waals surface area contributed by atoms with Gasteiger partial charge in [0.05, 0.1) is 6.33 Å². The number of rotatable bonds is 3. The fourth-order valence-electron chi connectivity index (χ4n) is 2.42. The van der Waals surface area contributed by atoms with Crippen molar-refractivity contribution in [2.75, 3.05) is 6.54 Å². The Morgan fingerprint density at radius 1 is 1.32 bits per heavy atom. The Morgan fingerprint density at radius 3 is 2.74 bits per heavy atom. The van der Waals surface area contributed by atoms with Crippen molar-refractivity contribution in [1.29, 1.82) is 0 Å². The normalized spacial score (nSPS) is 14.9. The van der Waals surface area contributed by atoms with Gasteiger partial charge >= 0.3 is 0 Å². The van der Waals surface area contributed by atoms with Gasteiger partial charge in [-0.25, -0.2) is 4.98 Å². The molecule has 1 aromatic carbocycles. The van der Waals surface area contributed by atoms with E-state index in [0.717, 1.165) is 28.8 Å². The first-order chi connectivity index (χ1) is 9.29. The molecule has 4 nitrogen and oxygen atoms in total. The van der Waals surface area contributed by atoms with Gasteiger partial charge in [-0.1, -0.05) is 19.1 Å². The van der Waals surface area contributed by atoms with E-state index >= 15 is 0 Å². The summed E-state index contributed by atoms with van der Waals surface area (Å²) in [6.07, 6.45) is 6.20. The van der Waals surface area contributed by atoms with Crippen molar-refractivity contribution in [3.05, 3.63) is 54.1 Å². The maximum atomic E-state index is 11.7. The molecule has 0 saturated carbocycles. The molecule has 2 aromatic rings. The first kappa shape index (κ1) is 11.7. The number of hydrogen-bond acceptors (Lipinski definition) is 2. The molecule has 1 aromatic heterocycles. The molecule has 1 aliphatic rings. The van der Waals surface area contributed by atoms with Crippen LogP contribution in [0.4, 0.5) is 0 Å². The zero-order valence-corrected chi connectivity index (χ0v) is 10.8. The molecule has 0 saturated heterocycles. The van der Waals surface area contributed by atoms with Gasteiger partial charge in [0.2, 0.25) is 5.91 Å². The van der Waals surface area contributed by atoms with Crippen LogP contribution >= 0.6 is 0 Å². The number of aromatic nitrogens is 2. The number of nitrogens with zero attached hydrogens (tertiary/aromatic N) is 2. The predicted octanol–water partition coefficient (Wildman–Crippen LogP) is 2.17. The van der Waals surface area contributed by atoms with E-state index in [2.05, 4.69) is 22.4 Å². The fraction of sp³-hybridized carbons (Fsp3) is 0.200. The van der Waals surface area contributed by atoms with Crippen molar-refractivity contribution < 1.29 is 4.79 Å². The average molecular weight is 253 g/mol. The highest BCUT2D eigenvalue weighted by Gasteiger charge is 2.21.